The van der Waals surface area contributed by atoms with E-state index < -0.39 is 0 Å². The highest BCUT2D eigenvalue weighted by molar-refractivity contribution is 5.82. The minimum atomic E-state index is -0.0965. The molecule has 4 heteroatoms. The number of amides is 1. The summed E-state index contributed by atoms with van der Waals surface area (Å²) in [5.41, 5.74) is 7.68. The van der Waals surface area contributed by atoms with Crippen LogP contribution < -0.4 is 10.9 Å². The molecule has 3 unspecified atom stereocenters. The van der Waals surface area contributed by atoms with Gasteiger partial charge in [-0.2, -0.15) is 0 Å². The van der Waals surface area contributed by atoms with Gasteiger partial charge in [0.15, 0.2) is 0 Å². The highest BCUT2D eigenvalue weighted by Gasteiger charge is 2.34. The Labute approximate surface area is 120 Å². The van der Waals surface area contributed by atoms with E-state index >= 15 is 0 Å². The van der Waals surface area contributed by atoms with Crippen molar-refractivity contribution in [3.05, 3.63) is 35.9 Å². The number of piperidine rings is 1. The van der Waals surface area contributed by atoms with E-state index in [1.807, 2.05) is 18.2 Å². The number of nitrogens with zero attached hydrogens (tertiary/aromatic N) is 1. The molecule has 0 radical (unpaired) electrons. The van der Waals surface area contributed by atoms with Crippen molar-refractivity contribution in [3.8, 4) is 0 Å². The first-order valence-electron chi connectivity index (χ1n) is 7.62. The molecule has 0 saturated carbocycles. The summed E-state index contributed by atoms with van der Waals surface area (Å²) in [6.45, 7) is 3.07. The Morgan fingerprint density at radius 2 is 2.00 bits per heavy atom. The van der Waals surface area contributed by atoms with E-state index in [9.17, 15) is 4.79 Å². The van der Waals surface area contributed by atoms with Gasteiger partial charge in [-0.05, 0) is 38.2 Å². The maximum Gasteiger partial charge on any atom is 0.241 e. The molecule has 3 rings (SSSR count). The van der Waals surface area contributed by atoms with Crippen LogP contribution in [-0.2, 0) is 4.79 Å². The molecule has 1 aromatic rings. The minimum Gasteiger partial charge on any atom is -0.339 e. The number of carbonyl (C=O) groups is 1. The molecule has 2 saturated heterocycles. The zero-order valence-corrected chi connectivity index (χ0v) is 12.0. The normalized spacial score (nSPS) is 30.4. The molecule has 2 fully saturated rings. The lowest BCUT2D eigenvalue weighted by atomic mass is 9.99. The molecule has 4 nitrogen and oxygen atoms in total. The lowest BCUT2D eigenvalue weighted by Gasteiger charge is -2.35. The first kappa shape index (κ1) is 13.6. The Hall–Kier alpha value is -1.39. The van der Waals surface area contributed by atoms with Crippen molar-refractivity contribution < 1.29 is 4.79 Å². The van der Waals surface area contributed by atoms with Crippen LogP contribution >= 0.6 is 0 Å². The van der Waals surface area contributed by atoms with Crippen molar-refractivity contribution in [1.82, 2.24) is 15.8 Å². The number of nitrogens with one attached hydrogen (secondary N) is 2. The van der Waals surface area contributed by atoms with E-state index in [4.69, 9.17) is 0 Å². The van der Waals surface area contributed by atoms with Crippen LogP contribution in [0.5, 0.6) is 0 Å². The second-order valence-corrected chi connectivity index (χ2v) is 5.92. The zero-order chi connectivity index (χ0) is 13.9. The third-order valence-electron chi connectivity index (χ3n) is 4.49. The van der Waals surface area contributed by atoms with Gasteiger partial charge in [0.05, 0.1) is 0 Å². The van der Waals surface area contributed by atoms with Crippen LogP contribution in [0.3, 0.4) is 0 Å². The van der Waals surface area contributed by atoms with Gasteiger partial charge in [-0.15, -0.1) is 0 Å². The summed E-state index contributed by atoms with van der Waals surface area (Å²) in [4.78, 5) is 14.7. The van der Waals surface area contributed by atoms with Crippen molar-refractivity contribution in [2.45, 2.75) is 50.7 Å². The minimum absolute atomic E-state index is 0.0965. The van der Waals surface area contributed by atoms with E-state index in [0.29, 0.717) is 6.04 Å². The molecule has 1 aromatic carbocycles. The van der Waals surface area contributed by atoms with Crippen molar-refractivity contribution >= 4 is 5.91 Å². The molecular formula is C16H23N3O. The van der Waals surface area contributed by atoms with E-state index in [0.717, 1.165) is 25.8 Å². The van der Waals surface area contributed by atoms with E-state index in [1.54, 1.807) is 0 Å². The fourth-order valence-corrected chi connectivity index (χ4v) is 3.25. The third kappa shape index (κ3) is 2.72. The summed E-state index contributed by atoms with van der Waals surface area (Å²) in [7, 11) is 0. The number of benzene rings is 1. The predicted octanol–water partition coefficient (Wildman–Crippen LogP) is 2.00. The summed E-state index contributed by atoms with van der Waals surface area (Å²) in [5, 5.41) is 0. The Morgan fingerprint density at radius 1 is 1.20 bits per heavy atom. The molecule has 20 heavy (non-hydrogen) atoms. The van der Waals surface area contributed by atoms with Crippen LogP contribution in [0, 0.1) is 0 Å². The lowest BCUT2D eigenvalue weighted by molar-refractivity contribution is -0.136. The monoisotopic (exact) mass is 273 g/mol. The molecule has 108 valence electrons. The largest absolute Gasteiger partial charge is 0.339 e. The van der Waals surface area contributed by atoms with Crippen molar-refractivity contribution in [2.24, 2.45) is 0 Å². The number of rotatable bonds is 2. The summed E-state index contributed by atoms with van der Waals surface area (Å²) < 4.78 is 0. The summed E-state index contributed by atoms with van der Waals surface area (Å²) in [6.07, 6.45) is 4.34. The Balaban J connectivity index is 1.63. The number of hydrazine groups is 1. The molecule has 2 N–H and O–H groups in total. The molecule has 0 aromatic heterocycles. The van der Waals surface area contributed by atoms with Crippen molar-refractivity contribution in [2.75, 3.05) is 6.54 Å². The number of carbonyl (C=O) groups excluding carboxylic acids is 1. The van der Waals surface area contributed by atoms with Gasteiger partial charge < -0.3 is 4.90 Å². The summed E-state index contributed by atoms with van der Waals surface area (Å²) in [5.74, 6) is 0.253. The maximum atomic E-state index is 12.6. The molecule has 0 spiro atoms. The second kappa shape index (κ2) is 5.94. The van der Waals surface area contributed by atoms with Gasteiger partial charge in [0, 0.05) is 18.6 Å². The molecule has 1 amide bonds. The van der Waals surface area contributed by atoms with Crippen LogP contribution in [0.2, 0.25) is 0 Å². The van der Waals surface area contributed by atoms with Gasteiger partial charge in [0.25, 0.3) is 0 Å². The molecular weight excluding hydrogens is 250 g/mol. The number of hydrogen-bond donors (Lipinski definition) is 2. The van der Waals surface area contributed by atoms with Crippen molar-refractivity contribution in [3.63, 3.8) is 0 Å². The fraction of sp³-hybridized carbons (Fsp3) is 0.562. The van der Waals surface area contributed by atoms with Gasteiger partial charge in [-0.1, -0.05) is 30.3 Å². The van der Waals surface area contributed by atoms with E-state index in [-0.39, 0.29) is 18.0 Å². The number of hydrogen-bond acceptors (Lipinski definition) is 3. The molecule has 2 aliphatic rings. The Kier molecular flexibility index (Phi) is 4.03. The SMILES string of the molecule is CC1CCCCN1C(=O)C1CC(c2ccccc2)NN1. The molecule has 2 heterocycles. The summed E-state index contributed by atoms with van der Waals surface area (Å²) >= 11 is 0. The maximum absolute atomic E-state index is 12.6. The van der Waals surface area contributed by atoms with Gasteiger partial charge in [0.2, 0.25) is 5.91 Å². The Bertz CT molecular complexity index is 462. The smallest absolute Gasteiger partial charge is 0.241 e. The highest BCUT2D eigenvalue weighted by Crippen LogP contribution is 2.25. The van der Waals surface area contributed by atoms with Crippen LogP contribution in [0.15, 0.2) is 30.3 Å². The quantitative estimate of drug-likeness (QED) is 0.866. The highest BCUT2D eigenvalue weighted by atomic mass is 16.2. The standard InChI is InChI=1S/C16H23N3O/c1-12-7-5-6-10-19(12)16(20)15-11-14(17-18-15)13-8-3-2-4-9-13/h2-4,8-9,12,14-15,17-18H,5-7,10-11H2,1H3. The van der Waals surface area contributed by atoms with Gasteiger partial charge in [0.1, 0.15) is 6.04 Å². The number of likely N-dealkylation sites (tertiary alicyclic amines) is 1. The molecule has 0 aliphatic carbocycles. The van der Waals surface area contributed by atoms with Crippen LogP contribution in [0.25, 0.3) is 0 Å². The average molecular weight is 273 g/mol. The first-order chi connectivity index (χ1) is 9.75. The fourth-order valence-electron chi connectivity index (χ4n) is 3.25. The Morgan fingerprint density at radius 3 is 2.75 bits per heavy atom. The second-order valence-electron chi connectivity index (χ2n) is 5.92. The topological polar surface area (TPSA) is 44.4 Å². The first-order valence-corrected chi connectivity index (χ1v) is 7.62. The van der Waals surface area contributed by atoms with Gasteiger partial charge >= 0.3 is 0 Å². The molecule has 0 bridgehead atoms. The lowest BCUT2D eigenvalue weighted by Crippen LogP contribution is -2.50. The van der Waals surface area contributed by atoms with Crippen molar-refractivity contribution in [1.29, 1.82) is 0 Å². The van der Waals surface area contributed by atoms with E-state index in [2.05, 4.69) is 34.8 Å². The van der Waals surface area contributed by atoms with Gasteiger partial charge in [-0.3, -0.25) is 4.79 Å². The predicted molar refractivity (Wildman–Crippen MR) is 78.9 cm³/mol. The van der Waals surface area contributed by atoms with Crippen LogP contribution in [0.1, 0.15) is 44.2 Å². The molecule has 2 aliphatic heterocycles. The zero-order valence-electron chi connectivity index (χ0n) is 12.0. The van der Waals surface area contributed by atoms with E-state index in [1.165, 1.54) is 12.0 Å². The summed E-state index contributed by atoms with van der Waals surface area (Å²) in [6, 6.07) is 10.8. The van der Waals surface area contributed by atoms with Gasteiger partial charge in [-0.25, -0.2) is 10.9 Å². The van der Waals surface area contributed by atoms with Crippen LogP contribution in [-0.4, -0.2) is 29.4 Å². The third-order valence-corrected chi connectivity index (χ3v) is 4.49. The average Bonchev–Trinajstić information content (AvgIpc) is 2.98. The van der Waals surface area contributed by atoms with Crippen LogP contribution in [0.4, 0.5) is 0 Å². The molecule has 3 atom stereocenters.